The monoisotopic (exact) mass is 484 g/mol. The molecule has 0 bridgehead atoms. The van der Waals surface area contributed by atoms with Gasteiger partial charge in [0.05, 0.1) is 32.8 Å². The zero-order chi connectivity index (χ0) is 26.0. The number of methoxy groups -OCH3 is 3. The summed E-state index contributed by atoms with van der Waals surface area (Å²) in [6.45, 7) is 7.82. The Labute approximate surface area is 203 Å². The highest BCUT2D eigenvalue weighted by atomic mass is 16.5. The first-order valence-electron chi connectivity index (χ1n) is 11.3. The van der Waals surface area contributed by atoms with Gasteiger partial charge < -0.3 is 33.6 Å². The van der Waals surface area contributed by atoms with E-state index in [2.05, 4.69) is 0 Å². The van der Waals surface area contributed by atoms with Crippen LogP contribution in [0.25, 0.3) is 0 Å². The first kappa shape index (κ1) is 25.7. The van der Waals surface area contributed by atoms with Crippen molar-refractivity contribution in [3.63, 3.8) is 0 Å². The van der Waals surface area contributed by atoms with Crippen LogP contribution in [0.1, 0.15) is 47.8 Å². The molecule has 3 aromatic rings. The molecule has 2 N–H and O–H groups in total. The zero-order valence-electron chi connectivity index (χ0n) is 21.1. The summed E-state index contributed by atoms with van der Waals surface area (Å²) in [7, 11) is 4.45. The molecule has 3 rings (SSSR count). The van der Waals surface area contributed by atoms with Gasteiger partial charge in [-0.1, -0.05) is 0 Å². The number of aromatic hydroxyl groups is 2. The largest absolute Gasteiger partial charge is 0.507 e. The van der Waals surface area contributed by atoms with Crippen LogP contribution in [0, 0.1) is 13.8 Å². The Morgan fingerprint density at radius 1 is 0.771 bits per heavy atom. The maximum atomic E-state index is 13.7. The standard InChI is InChI=1S/C26H32N2O7/c1-8-27-14(3)10-17(29)25(26(27)32)24(23-15(4)28(9-2)22(31)12-18(23)30)16-11-20(34-6)21(35-7)13-19(16)33-5/h10-13,24,29-30H,8-9H2,1-7H3. The molecule has 0 aliphatic heterocycles. The number of aromatic nitrogens is 2. The van der Waals surface area contributed by atoms with Gasteiger partial charge in [0.1, 0.15) is 17.2 Å². The molecular weight excluding hydrogens is 452 g/mol. The van der Waals surface area contributed by atoms with Crippen LogP contribution in [-0.2, 0) is 13.1 Å². The second-order valence-electron chi connectivity index (χ2n) is 8.13. The number of rotatable bonds is 8. The van der Waals surface area contributed by atoms with Gasteiger partial charge in [-0.05, 0) is 39.8 Å². The number of hydrogen-bond donors (Lipinski definition) is 2. The van der Waals surface area contributed by atoms with E-state index in [0.717, 1.165) is 6.07 Å². The Morgan fingerprint density at radius 2 is 1.31 bits per heavy atom. The molecule has 188 valence electrons. The molecule has 1 aromatic carbocycles. The Bertz CT molecular complexity index is 1370. The average Bonchev–Trinajstić information content (AvgIpc) is 2.82. The first-order chi connectivity index (χ1) is 16.6. The molecule has 1 unspecified atom stereocenters. The Hall–Kier alpha value is -3.88. The van der Waals surface area contributed by atoms with Gasteiger partial charge >= 0.3 is 0 Å². The number of ether oxygens (including phenoxy) is 3. The number of aryl methyl sites for hydroxylation is 1. The summed E-state index contributed by atoms with van der Waals surface area (Å²) in [6, 6.07) is 5.91. The van der Waals surface area contributed by atoms with Gasteiger partial charge in [-0.25, -0.2) is 0 Å². The molecule has 9 nitrogen and oxygen atoms in total. The Morgan fingerprint density at radius 3 is 1.86 bits per heavy atom. The van der Waals surface area contributed by atoms with Gasteiger partial charge in [0.2, 0.25) is 0 Å². The molecule has 0 saturated carbocycles. The normalized spacial score (nSPS) is 11.9. The van der Waals surface area contributed by atoms with Gasteiger partial charge in [0, 0.05) is 47.7 Å². The zero-order valence-corrected chi connectivity index (χ0v) is 21.1. The lowest BCUT2D eigenvalue weighted by atomic mass is 9.82. The van der Waals surface area contributed by atoms with Crippen molar-refractivity contribution in [1.29, 1.82) is 0 Å². The van der Waals surface area contributed by atoms with E-state index in [1.165, 1.54) is 36.5 Å². The van der Waals surface area contributed by atoms with E-state index in [4.69, 9.17) is 14.2 Å². The smallest absolute Gasteiger partial charge is 0.258 e. The van der Waals surface area contributed by atoms with E-state index in [9.17, 15) is 19.8 Å². The van der Waals surface area contributed by atoms with E-state index in [-0.39, 0.29) is 22.6 Å². The highest BCUT2D eigenvalue weighted by molar-refractivity contribution is 5.61. The quantitative estimate of drug-likeness (QED) is 0.505. The number of nitrogens with zero attached hydrogens (tertiary/aromatic N) is 2. The van der Waals surface area contributed by atoms with E-state index >= 15 is 0 Å². The summed E-state index contributed by atoms with van der Waals surface area (Å²) in [6.07, 6.45) is 0. The van der Waals surface area contributed by atoms with Gasteiger partial charge in [0.25, 0.3) is 11.1 Å². The molecule has 9 heteroatoms. The Kier molecular flexibility index (Phi) is 7.48. The fourth-order valence-corrected chi connectivity index (χ4v) is 4.69. The summed E-state index contributed by atoms with van der Waals surface area (Å²) in [4.78, 5) is 26.3. The summed E-state index contributed by atoms with van der Waals surface area (Å²) >= 11 is 0. The van der Waals surface area contributed by atoms with Crippen LogP contribution >= 0.6 is 0 Å². The van der Waals surface area contributed by atoms with E-state index in [1.54, 1.807) is 26.0 Å². The minimum Gasteiger partial charge on any atom is -0.507 e. The van der Waals surface area contributed by atoms with Crippen molar-refractivity contribution in [2.24, 2.45) is 0 Å². The fourth-order valence-electron chi connectivity index (χ4n) is 4.69. The summed E-state index contributed by atoms with van der Waals surface area (Å²) < 4.78 is 19.6. The van der Waals surface area contributed by atoms with Crippen molar-refractivity contribution in [2.45, 2.75) is 46.7 Å². The van der Waals surface area contributed by atoms with Crippen LogP contribution in [0.3, 0.4) is 0 Å². The second kappa shape index (κ2) is 10.2. The van der Waals surface area contributed by atoms with Crippen molar-refractivity contribution in [3.8, 4) is 28.7 Å². The SMILES string of the molecule is CCn1c(C)c(C(c2cc(OC)c(OC)cc2OC)c2c(O)cc(C)n(CC)c2=O)c(O)cc1=O. The average molecular weight is 485 g/mol. The third-order valence-corrected chi connectivity index (χ3v) is 6.38. The molecule has 0 aliphatic rings. The van der Waals surface area contributed by atoms with Gasteiger partial charge in [0.15, 0.2) is 11.5 Å². The minimum atomic E-state index is -0.992. The van der Waals surface area contributed by atoms with Crippen molar-refractivity contribution in [1.82, 2.24) is 9.13 Å². The number of hydrogen-bond acceptors (Lipinski definition) is 7. The summed E-state index contributed by atoms with van der Waals surface area (Å²) in [5.41, 5.74) is 1.06. The van der Waals surface area contributed by atoms with Crippen molar-refractivity contribution >= 4 is 0 Å². The van der Waals surface area contributed by atoms with Crippen LogP contribution in [0.15, 0.2) is 33.9 Å². The van der Waals surface area contributed by atoms with E-state index in [0.29, 0.717) is 52.9 Å². The maximum Gasteiger partial charge on any atom is 0.258 e. The lowest BCUT2D eigenvalue weighted by molar-refractivity contribution is 0.347. The van der Waals surface area contributed by atoms with E-state index in [1.807, 2.05) is 13.8 Å². The van der Waals surface area contributed by atoms with Crippen molar-refractivity contribution < 1.29 is 24.4 Å². The third-order valence-electron chi connectivity index (χ3n) is 6.38. The van der Waals surface area contributed by atoms with Crippen molar-refractivity contribution in [2.75, 3.05) is 21.3 Å². The molecule has 1 atom stereocenters. The molecule has 2 aromatic heterocycles. The van der Waals surface area contributed by atoms with Crippen LogP contribution in [-0.4, -0.2) is 40.7 Å². The molecule has 35 heavy (non-hydrogen) atoms. The second-order valence-corrected chi connectivity index (χ2v) is 8.13. The van der Waals surface area contributed by atoms with E-state index < -0.39 is 11.5 Å². The first-order valence-corrected chi connectivity index (χ1v) is 11.3. The molecular formula is C26H32N2O7. The minimum absolute atomic E-state index is 0.0441. The lowest BCUT2D eigenvalue weighted by Gasteiger charge is -2.26. The molecule has 0 aliphatic carbocycles. The predicted octanol–water partition coefficient (Wildman–Crippen LogP) is 3.28. The summed E-state index contributed by atoms with van der Waals surface area (Å²) in [5.74, 6) is -0.382. The van der Waals surface area contributed by atoms with Gasteiger partial charge in [-0.2, -0.15) is 0 Å². The van der Waals surface area contributed by atoms with Gasteiger partial charge in [-0.15, -0.1) is 0 Å². The molecule has 0 saturated heterocycles. The fraction of sp³-hybridized carbons (Fsp3) is 0.385. The summed E-state index contributed by atoms with van der Waals surface area (Å²) in [5, 5.41) is 22.1. The molecule has 2 heterocycles. The van der Waals surface area contributed by atoms with Crippen LogP contribution in [0.4, 0.5) is 0 Å². The molecule has 0 amide bonds. The highest BCUT2D eigenvalue weighted by Gasteiger charge is 2.33. The molecule has 0 fully saturated rings. The molecule has 0 radical (unpaired) electrons. The Balaban J connectivity index is 2.58. The maximum absolute atomic E-state index is 13.7. The van der Waals surface area contributed by atoms with Crippen LogP contribution < -0.4 is 25.3 Å². The number of benzene rings is 1. The highest BCUT2D eigenvalue weighted by Crippen LogP contribution is 2.46. The predicted molar refractivity (Wildman–Crippen MR) is 133 cm³/mol. The van der Waals surface area contributed by atoms with Gasteiger partial charge in [-0.3, -0.25) is 9.59 Å². The number of pyridine rings is 2. The third kappa shape index (κ3) is 4.34. The van der Waals surface area contributed by atoms with Crippen molar-refractivity contribution in [3.05, 3.63) is 73.1 Å². The topological polar surface area (TPSA) is 112 Å². The lowest BCUT2D eigenvalue weighted by Crippen LogP contribution is -2.29. The van der Waals surface area contributed by atoms with Crippen LogP contribution in [0.5, 0.6) is 28.7 Å². The molecule has 0 spiro atoms. The van der Waals surface area contributed by atoms with Crippen LogP contribution in [0.2, 0.25) is 0 Å².